The normalized spacial score (nSPS) is 16.3. The molecule has 0 aromatic rings. The number of hydrogen-bond donors (Lipinski definition) is 0. The van der Waals surface area contributed by atoms with E-state index in [1.165, 1.54) is 0 Å². The Morgan fingerprint density at radius 2 is 2.70 bits per heavy atom. The van der Waals surface area contributed by atoms with Crippen LogP contribution in [-0.2, 0) is 9.53 Å². The number of thioether (sulfide) groups is 1. The maximum atomic E-state index is 11.1. The van der Waals surface area contributed by atoms with E-state index in [1.807, 2.05) is 6.26 Å². The summed E-state index contributed by atoms with van der Waals surface area (Å²) < 4.78 is 4.93. The Morgan fingerprint density at radius 3 is 3.20 bits per heavy atom. The summed E-state index contributed by atoms with van der Waals surface area (Å²) in [6.07, 6.45) is 4.30. The molecular weight excluding hydrogens is 148 g/mol. The fourth-order valence-electron chi connectivity index (χ4n) is 0.816. The molecule has 0 aromatic heterocycles. The highest BCUT2D eigenvalue weighted by molar-refractivity contribution is 7.99. The monoisotopic (exact) mass is 158 g/mol. The average Bonchev–Trinajstić information content (AvgIpc) is 2.38. The molecule has 1 aliphatic rings. The molecule has 56 valence electrons. The first-order chi connectivity index (χ1) is 4.84. The summed E-state index contributed by atoms with van der Waals surface area (Å²) in [5.41, 5.74) is 0.842. The van der Waals surface area contributed by atoms with Crippen LogP contribution >= 0.6 is 11.8 Å². The zero-order valence-corrected chi connectivity index (χ0v) is 6.74. The largest absolute Gasteiger partial charge is 0.500 e. The number of Topliss-reactive ketones (excluding diaryl/α,β-unsaturated/α-hetero) is 1. The highest BCUT2D eigenvalue weighted by atomic mass is 32.2. The lowest BCUT2D eigenvalue weighted by Crippen LogP contribution is -2.03. The zero-order valence-electron chi connectivity index (χ0n) is 5.92. The smallest absolute Gasteiger partial charge is 0.171 e. The van der Waals surface area contributed by atoms with Crippen molar-refractivity contribution in [3.63, 3.8) is 0 Å². The minimum absolute atomic E-state index is 0.213. The summed E-state index contributed by atoms with van der Waals surface area (Å²) in [5, 5.41) is 0. The molecule has 0 aliphatic carbocycles. The van der Waals surface area contributed by atoms with E-state index < -0.39 is 0 Å². The number of ether oxygens (including phenoxy) is 1. The van der Waals surface area contributed by atoms with Crippen molar-refractivity contribution in [1.29, 1.82) is 0 Å². The molecule has 0 atom stereocenters. The van der Waals surface area contributed by atoms with E-state index in [1.54, 1.807) is 18.0 Å². The summed E-state index contributed by atoms with van der Waals surface area (Å²) >= 11 is 1.55. The van der Waals surface area contributed by atoms with Gasteiger partial charge < -0.3 is 4.74 Å². The second-order valence-electron chi connectivity index (χ2n) is 2.12. The van der Waals surface area contributed by atoms with Gasteiger partial charge in [-0.3, -0.25) is 4.79 Å². The predicted molar refractivity (Wildman–Crippen MR) is 42.0 cm³/mol. The van der Waals surface area contributed by atoms with Crippen LogP contribution in [-0.4, -0.2) is 24.4 Å². The summed E-state index contributed by atoms with van der Waals surface area (Å²) in [4.78, 5) is 11.1. The van der Waals surface area contributed by atoms with Crippen LogP contribution in [0.1, 0.15) is 6.42 Å². The van der Waals surface area contributed by atoms with Gasteiger partial charge in [0.15, 0.2) is 5.78 Å². The Bertz CT molecular complexity index is 163. The van der Waals surface area contributed by atoms with Crippen molar-refractivity contribution in [2.24, 2.45) is 0 Å². The third-order valence-electron chi connectivity index (χ3n) is 1.35. The van der Waals surface area contributed by atoms with Gasteiger partial charge in [-0.1, -0.05) is 0 Å². The third kappa shape index (κ3) is 1.77. The number of rotatable bonds is 3. The van der Waals surface area contributed by atoms with Gasteiger partial charge in [-0.2, -0.15) is 11.8 Å². The van der Waals surface area contributed by atoms with Gasteiger partial charge in [-0.05, 0) is 6.26 Å². The van der Waals surface area contributed by atoms with E-state index in [4.69, 9.17) is 4.74 Å². The first-order valence-corrected chi connectivity index (χ1v) is 4.57. The van der Waals surface area contributed by atoms with Gasteiger partial charge in [0.1, 0.15) is 0 Å². The van der Waals surface area contributed by atoms with Crippen molar-refractivity contribution in [2.45, 2.75) is 6.42 Å². The molecule has 1 aliphatic heterocycles. The molecule has 0 saturated heterocycles. The van der Waals surface area contributed by atoms with Crippen molar-refractivity contribution < 1.29 is 9.53 Å². The van der Waals surface area contributed by atoms with E-state index in [0.29, 0.717) is 12.4 Å². The molecule has 0 aromatic carbocycles. The quantitative estimate of drug-likeness (QED) is 0.617. The van der Waals surface area contributed by atoms with Crippen LogP contribution < -0.4 is 0 Å². The molecule has 0 N–H and O–H groups in total. The van der Waals surface area contributed by atoms with Crippen molar-refractivity contribution in [3.8, 4) is 0 Å². The van der Waals surface area contributed by atoms with Crippen molar-refractivity contribution >= 4 is 17.5 Å². The molecular formula is C7H10O2S. The third-order valence-corrected chi connectivity index (χ3v) is 1.90. The Balaban J connectivity index is 2.40. The highest BCUT2D eigenvalue weighted by Gasteiger charge is 2.12. The van der Waals surface area contributed by atoms with Gasteiger partial charge in [0.2, 0.25) is 0 Å². The standard InChI is InChI=1S/C7H10O2S/c1-10-5-7(8)6-2-3-9-4-6/h4H,2-3,5H2,1H3. The van der Waals surface area contributed by atoms with Crippen LogP contribution in [0.25, 0.3) is 0 Å². The average molecular weight is 158 g/mol. The molecule has 10 heavy (non-hydrogen) atoms. The van der Waals surface area contributed by atoms with Crippen LogP contribution in [0.5, 0.6) is 0 Å². The highest BCUT2D eigenvalue weighted by Crippen LogP contribution is 2.12. The van der Waals surface area contributed by atoms with Crippen molar-refractivity contribution in [3.05, 3.63) is 11.8 Å². The molecule has 2 nitrogen and oxygen atoms in total. The molecule has 3 heteroatoms. The van der Waals surface area contributed by atoms with Gasteiger partial charge in [0.25, 0.3) is 0 Å². The van der Waals surface area contributed by atoms with Crippen LogP contribution in [0, 0.1) is 0 Å². The van der Waals surface area contributed by atoms with Gasteiger partial charge in [0.05, 0.1) is 18.6 Å². The zero-order chi connectivity index (χ0) is 7.40. The molecule has 0 amide bonds. The Morgan fingerprint density at radius 1 is 1.90 bits per heavy atom. The first kappa shape index (κ1) is 7.66. The van der Waals surface area contributed by atoms with Gasteiger partial charge in [-0.15, -0.1) is 0 Å². The molecule has 0 unspecified atom stereocenters. The van der Waals surface area contributed by atoms with Gasteiger partial charge in [0, 0.05) is 12.0 Å². The Labute approximate surface area is 64.6 Å². The maximum absolute atomic E-state index is 11.1. The lowest BCUT2D eigenvalue weighted by molar-refractivity contribution is -0.113. The molecule has 1 rings (SSSR count). The van der Waals surface area contributed by atoms with Crippen LogP contribution in [0.3, 0.4) is 0 Å². The second-order valence-corrected chi connectivity index (χ2v) is 2.99. The number of carbonyl (C=O) groups is 1. The van der Waals surface area contributed by atoms with E-state index in [0.717, 1.165) is 12.0 Å². The Kier molecular flexibility index (Phi) is 2.81. The van der Waals surface area contributed by atoms with Gasteiger partial charge >= 0.3 is 0 Å². The molecule has 0 saturated carbocycles. The number of carbonyl (C=O) groups excluding carboxylic acids is 1. The lowest BCUT2D eigenvalue weighted by atomic mass is 10.2. The molecule has 0 fully saturated rings. The second kappa shape index (κ2) is 3.66. The topological polar surface area (TPSA) is 26.3 Å². The minimum atomic E-state index is 0.213. The summed E-state index contributed by atoms with van der Waals surface area (Å²) in [7, 11) is 0. The molecule has 1 heterocycles. The van der Waals surface area contributed by atoms with E-state index >= 15 is 0 Å². The van der Waals surface area contributed by atoms with Crippen LogP contribution in [0.4, 0.5) is 0 Å². The molecule has 0 radical (unpaired) electrons. The van der Waals surface area contributed by atoms with Crippen molar-refractivity contribution in [1.82, 2.24) is 0 Å². The first-order valence-electron chi connectivity index (χ1n) is 3.17. The summed E-state index contributed by atoms with van der Waals surface area (Å²) in [6.45, 7) is 0.676. The van der Waals surface area contributed by atoms with Crippen molar-refractivity contribution in [2.75, 3.05) is 18.6 Å². The summed E-state index contributed by atoms with van der Waals surface area (Å²) in [5.74, 6) is 0.792. The lowest BCUT2D eigenvalue weighted by Gasteiger charge is -1.93. The molecule has 0 bridgehead atoms. The van der Waals surface area contributed by atoms with Gasteiger partial charge in [-0.25, -0.2) is 0 Å². The SMILES string of the molecule is CSCC(=O)C1=COCC1. The van der Waals surface area contributed by atoms with E-state index in [-0.39, 0.29) is 5.78 Å². The number of ketones is 1. The molecule has 0 spiro atoms. The fraction of sp³-hybridized carbons (Fsp3) is 0.571. The predicted octanol–water partition coefficient (Wildman–Crippen LogP) is 1.22. The van der Waals surface area contributed by atoms with Crippen LogP contribution in [0.15, 0.2) is 11.8 Å². The summed E-state index contributed by atoms with van der Waals surface area (Å²) in [6, 6.07) is 0. The van der Waals surface area contributed by atoms with E-state index in [9.17, 15) is 4.79 Å². The minimum Gasteiger partial charge on any atom is -0.500 e. The Hall–Kier alpha value is -0.440. The number of hydrogen-bond acceptors (Lipinski definition) is 3. The van der Waals surface area contributed by atoms with Crippen LogP contribution in [0.2, 0.25) is 0 Å². The van der Waals surface area contributed by atoms with E-state index in [2.05, 4.69) is 0 Å². The fourth-order valence-corrected chi connectivity index (χ4v) is 1.26. The maximum Gasteiger partial charge on any atom is 0.171 e.